The highest BCUT2D eigenvalue weighted by Gasteiger charge is 2.35. The molecule has 1 saturated heterocycles. The minimum absolute atomic E-state index is 0.111. The summed E-state index contributed by atoms with van der Waals surface area (Å²) in [7, 11) is -3.51. The lowest BCUT2D eigenvalue weighted by Gasteiger charge is -2.38. The van der Waals surface area contributed by atoms with Gasteiger partial charge in [-0.15, -0.1) is 11.3 Å². The third kappa shape index (κ3) is 5.19. The monoisotopic (exact) mass is 483 g/mol. The fourth-order valence-electron chi connectivity index (χ4n) is 4.12. The summed E-state index contributed by atoms with van der Waals surface area (Å²) >= 11 is 1.29. The van der Waals surface area contributed by atoms with Gasteiger partial charge in [0.05, 0.1) is 0 Å². The number of benzene rings is 2. The van der Waals surface area contributed by atoms with Crippen LogP contribution in [0, 0.1) is 20.8 Å². The van der Waals surface area contributed by atoms with E-state index in [1.807, 2.05) is 75.4 Å². The number of thiophene rings is 1. The van der Waals surface area contributed by atoms with E-state index in [-0.39, 0.29) is 5.91 Å². The molecule has 6 nitrogen and oxygen atoms in total. The molecule has 0 aliphatic carbocycles. The maximum absolute atomic E-state index is 13.5. The maximum Gasteiger partial charge on any atom is 0.252 e. The Kier molecular flexibility index (Phi) is 6.99. The fraction of sp³-hybridized carbons (Fsp3) is 0.320. The van der Waals surface area contributed by atoms with Gasteiger partial charge in [-0.3, -0.25) is 9.69 Å². The van der Waals surface area contributed by atoms with Crippen LogP contribution in [0.4, 0.5) is 5.69 Å². The zero-order valence-electron chi connectivity index (χ0n) is 19.1. The number of aryl methyl sites for hydroxylation is 3. The van der Waals surface area contributed by atoms with Crippen molar-refractivity contribution in [1.29, 1.82) is 0 Å². The Balaban J connectivity index is 1.54. The van der Waals surface area contributed by atoms with E-state index in [0.29, 0.717) is 30.4 Å². The number of anilines is 1. The van der Waals surface area contributed by atoms with Gasteiger partial charge in [0.15, 0.2) is 0 Å². The van der Waals surface area contributed by atoms with Crippen molar-refractivity contribution in [3.8, 4) is 0 Å². The number of rotatable bonds is 6. The van der Waals surface area contributed by atoms with Crippen LogP contribution in [-0.2, 0) is 14.8 Å². The first-order chi connectivity index (χ1) is 15.8. The number of piperazine rings is 1. The summed E-state index contributed by atoms with van der Waals surface area (Å²) in [4.78, 5) is 16.5. The van der Waals surface area contributed by atoms with Crippen LogP contribution in [0.5, 0.6) is 0 Å². The van der Waals surface area contributed by atoms with E-state index in [1.165, 1.54) is 15.6 Å². The Hall–Kier alpha value is -2.52. The predicted octanol–water partition coefficient (Wildman–Crippen LogP) is 4.36. The first kappa shape index (κ1) is 23.6. The largest absolute Gasteiger partial charge is 0.324 e. The van der Waals surface area contributed by atoms with Gasteiger partial charge in [0.25, 0.3) is 10.0 Å². The molecule has 3 aromatic rings. The van der Waals surface area contributed by atoms with Gasteiger partial charge < -0.3 is 5.32 Å². The molecule has 33 heavy (non-hydrogen) atoms. The summed E-state index contributed by atoms with van der Waals surface area (Å²) in [6.45, 7) is 7.52. The third-order valence-electron chi connectivity index (χ3n) is 5.96. The van der Waals surface area contributed by atoms with Crippen molar-refractivity contribution in [2.75, 3.05) is 31.5 Å². The van der Waals surface area contributed by atoms with Crippen LogP contribution in [-0.4, -0.2) is 49.7 Å². The molecular formula is C25H29N3O3S2. The quantitative estimate of drug-likeness (QED) is 0.566. The highest BCUT2D eigenvalue weighted by Crippen LogP contribution is 2.29. The highest BCUT2D eigenvalue weighted by atomic mass is 32.2. The van der Waals surface area contributed by atoms with E-state index in [1.54, 1.807) is 6.07 Å². The second-order valence-electron chi connectivity index (χ2n) is 8.43. The molecule has 8 heteroatoms. The predicted molar refractivity (Wildman–Crippen MR) is 133 cm³/mol. The number of hydrogen-bond donors (Lipinski definition) is 1. The van der Waals surface area contributed by atoms with Crippen molar-refractivity contribution < 1.29 is 13.2 Å². The second kappa shape index (κ2) is 9.77. The number of sulfonamides is 1. The summed E-state index contributed by atoms with van der Waals surface area (Å²) in [5, 5.41) is 3.11. The number of amides is 1. The van der Waals surface area contributed by atoms with Crippen molar-refractivity contribution in [3.63, 3.8) is 0 Å². The fourth-order valence-corrected chi connectivity index (χ4v) is 6.97. The zero-order chi connectivity index (χ0) is 23.6. The molecule has 4 rings (SSSR count). The van der Waals surface area contributed by atoms with E-state index in [9.17, 15) is 13.2 Å². The molecule has 0 spiro atoms. The molecular weight excluding hydrogens is 454 g/mol. The Bertz CT molecular complexity index is 1230. The van der Waals surface area contributed by atoms with Gasteiger partial charge in [0.2, 0.25) is 5.91 Å². The molecule has 1 aliphatic heterocycles. The molecule has 174 valence electrons. The molecule has 0 unspecified atom stereocenters. The van der Waals surface area contributed by atoms with Crippen molar-refractivity contribution >= 4 is 33.0 Å². The van der Waals surface area contributed by atoms with Crippen LogP contribution in [0.3, 0.4) is 0 Å². The molecule has 0 radical (unpaired) electrons. The first-order valence-corrected chi connectivity index (χ1v) is 13.2. The Labute approximate surface area is 199 Å². The van der Waals surface area contributed by atoms with Gasteiger partial charge in [-0.2, -0.15) is 4.31 Å². The van der Waals surface area contributed by atoms with E-state index in [0.717, 1.165) is 27.3 Å². The van der Waals surface area contributed by atoms with Crippen LogP contribution in [0.15, 0.2) is 64.9 Å². The van der Waals surface area contributed by atoms with E-state index in [4.69, 9.17) is 0 Å². The Morgan fingerprint density at radius 3 is 2.27 bits per heavy atom. The van der Waals surface area contributed by atoms with Crippen LogP contribution in [0.1, 0.15) is 27.6 Å². The average molecular weight is 484 g/mol. The summed E-state index contributed by atoms with van der Waals surface area (Å²) in [6.07, 6.45) is 0. The minimum atomic E-state index is -3.51. The van der Waals surface area contributed by atoms with E-state index < -0.39 is 16.1 Å². The van der Waals surface area contributed by atoms with Crippen LogP contribution in [0.2, 0.25) is 0 Å². The first-order valence-electron chi connectivity index (χ1n) is 11.0. The lowest BCUT2D eigenvalue weighted by atomic mass is 10.0. The van der Waals surface area contributed by atoms with Gasteiger partial charge in [0, 0.05) is 36.7 Å². The number of carbonyl (C=O) groups excluding carboxylic acids is 1. The van der Waals surface area contributed by atoms with E-state index in [2.05, 4.69) is 10.2 Å². The molecule has 1 N–H and O–H groups in total. The number of hydrogen-bond acceptors (Lipinski definition) is 5. The molecule has 1 amide bonds. The second-order valence-corrected chi connectivity index (χ2v) is 11.9. The van der Waals surface area contributed by atoms with Gasteiger partial charge in [-0.05, 0) is 55.7 Å². The zero-order valence-corrected chi connectivity index (χ0v) is 20.7. The molecule has 1 fully saturated rings. The standard InChI is InChI=1S/C25H29N3O3S2/c1-18-9-10-19(2)22(17-18)26-25(29)24(21-7-5-4-6-8-21)27-13-15-28(16-14-27)33(30,31)23-12-11-20(3)32-23/h4-12,17,24H,13-16H2,1-3H3,(H,26,29)/t24-/m0/s1. The number of carbonyl (C=O) groups is 1. The topological polar surface area (TPSA) is 69.7 Å². The number of nitrogens with one attached hydrogen (secondary N) is 1. The van der Waals surface area contributed by atoms with Gasteiger partial charge in [0.1, 0.15) is 10.3 Å². The average Bonchev–Trinajstić information content (AvgIpc) is 3.25. The maximum atomic E-state index is 13.5. The van der Waals surface area contributed by atoms with Gasteiger partial charge in [-0.25, -0.2) is 8.42 Å². The molecule has 0 saturated carbocycles. The van der Waals surface area contributed by atoms with Gasteiger partial charge >= 0.3 is 0 Å². The van der Waals surface area contributed by atoms with Gasteiger partial charge in [-0.1, -0.05) is 42.5 Å². The number of nitrogens with zero attached hydrogens (tertiary/aromatic N) is 2. The van der Waals surface area contributed by atoms with Crippen LogP contribution >= 0.6 is 11.3 Å². The lowest BCUT2D eigenvalue weighted by molar-refractivity contribution is -0.122. The molecule has 2 heterocycles. The molecule has 1 aromatic heterocycles. The SMILES string of the molecule is Cc1ccc(C)c(NC(=O)[C@H](c2ccccc2)N2CCN(S(=O)(=O)c3ccc(C)s3)CC2)c1. The van der Waals surface area contributed by atoms with Crippen LogP contribution in [0.25, 0.3) is 0 Å². The summed E-state index contributed by atoms with van der Waals surface area (Å²) < 4.78 is 28.0. The minimum Gasteiger partial charge on any atom is -0.324 e. The highest BCUT2D eigenvalue weighted by molar-refractivity contribution is 7.91. The Morgan fingerprint density at radius 2 is 1.64 bits per heavy atom. The normalized spacial score (nSPS) is 16.5. The van der Waals surface area contributed by atoms with Crippen molar-refractivity contribution in [2.45, 2.75) is 31.0 Å². The summed E-state index contributed by atoms with van der Waals surface area (Å²) in [5.74, 6) is -0.111. The molecule has 1 atom stereocenters. The Morgan fingerprint density at radius 1 is 0.939 bits per heavy atom. The van der Waals surface area contributed by atoms with Crippen molar-refractivity contribution in [2.24, 2.45) is 0 Å². The van der Waals surface area contributed by atoms with Crippen LogP contribution < -0.4 is 5.32 Å². The summed E-state index contributed by atoms with van der Waals surface area (Å²) in [6, 6.07) is 18.7. The smallest absolute Gasteiger partial charge is 0.252 e. The van der Waals surface area contributed by atoms with Crippen molar-refractivity contribution in [1.82, 2.24) is 9.21 Å². The third-order valence-corrected chi connectivity index (χ3v) is 9.33. The lowest BCUT2D eigenvalue weighted by Crippen LogP contribution is -2.51. The van der Waals surface area contributed by atoms with Crippen molar-refractivity contribution in [3.05, 3.63) is 82.2 Å². The summed E-state index contributed by atoms with van der Waals surface area (Å²) in [5.41, 5.74) is 3.78. The molecule has 2 aromatic carbocycles. The molecule has 1 aliphatic rings. The van der Waals surface area contributed by atoms with E-state index >= 15 is 0 Å². The molecule has 0 bridgehead atoms.